The molecule has 1 aromatic rings. The van der Waals surface area contributed by atoms with E-state index in [4.69, 9.17) is 10.8 Å². The number of hydrogen-bond donors (Lipinski definition) is 2. The molecule has 0 aliphatic carbocycles. The number of carbonyl (C=O) groups is 1. The number of hydrogen-bond acceptors (Lipinski definition) is 6. The molecule has 0 amide bonds. The van der Waals surface area contributed by atoms with Gasteiger partial charge in [-0.25, -0.2) is 4.68 Å². The quantitative estimate of drug-likeness (QED) is 0.731. The Morgan fingerprint density at radius 1 is 1.58 bits per heavy atom. The SMILES string of the molecule is CCCCn1nnnc1CSC(C)(C)[C@H](N)C(=O)O. The molecule has 0 aliphatic heterocycles. The van der Waals surface area contributed by atoms with Crippen molar-refractivity contribution in [3.05, 3.63) is 5.82 Å². The van der Waals surface area contributed by atoms with Crippen molar-refractivity contribution in [2.45, 2.75) is 56.7 Å². The van der Waals surface area contributed by atoms with Crippen molar-refractivity contribution < 1.29 is 9.90 Å². The lowest BCUT2D eigenvalue weighted by molar-refractivity contribution is -0.139. The zero-order valence-electron chi connectivity index (χ0n) is 11.5. The minimum absolute atomic E-state index is 0.546. The molecule has 0 saturated heterocycles. The molecule has 0 unspecified atom stereocenters. The number of rotatable bonds is 8. The highest BCUT2D eigenvalue weighted by molar-refractivity contribution is 7.99. The summed E-state index contributed by atoms with van der Waals surface area (Å²) >= 11 is 1.45. The average molecular weight is 287 g/mol. The summed E-state index contributed by atoms with van der Waals surface area (Å²) in [6.07, 6.45) is 2.09. The third kappa shape index (κ3) is 4.46. The number of nitrogens with two attached hydrogens (primary N) is 1. The summed E-state index contributed by atoms with van der Waals surface area (Å²) in [5, 5.41) is 20.5. The minimum atomic E-state index is -0.997. The van der Waals surface area contributed by atoms with Gasteiger partial charge in [-0.2, -0.15) is 0 Å². The molecule has 108 valence electrons. The zero-order chi connectivity index (χ0) is 14.5. The normalized spacial score (nSPS) is 13.5. The predicted octanol–water partition coefficient (Wildman–Crippen LogP) is 0.897. The number of aryl methyl sites for hydroxylation is 1. The molecular weight excluding hydrogens is 266 g/mol. The van der Waals surface area contributed by atoms with Gasteiger partial charge in [0.1, 0.15) is 6.04 Å². The molecule has 7 nitrogen and oxygen atoms in total. The van der Waals surface area contributed by atoms with Gasteiger partial charge in [0, 0.05) is 11.3 Å². The second-order valence-corrected chi connectivity index (χ2v) is 6.51. The van der Waals surface area contributed by atoms with E-state index in [0.29, 0.717) is 5.75 Å². The van der Waals surface area contributed by atoms with Gasteiger partial charge < -0.3 is 10.8 Å². The number of unbranched alkanes of at least 4 members (excludes halogenated alkanes) is 1. The average Bonchev–Trinajstić information content (AvgIpc) is 2.80. The molecule has 0 aliphatic rings. The van der Waals surface area contributed by atoms with Crippen LogP contribution in [-0.4, -0.2) is 42.1 Å². The first kappa shape index (κ1) is 15.9. The van der Waals surface area contributed by atoms with E-state index in [1.165, 1.54) is 11.8 Å². The molecule has 1 atom stereocenters. The van der Waals surface area contributed by atoms with Crippen LogP contribution >= 0.6 is 11.8 Å². The molecule has 0 bridgehead atoms. The molecule has 8 heteroatoms. The maximum absolute atomic E-state index is 10.9. The number of aromatic nitrogens is 4. The highest BCUT2D eigenvalue weighted by atomic mass is 32.2. The molecule has 1 aromatic heterocycles. The zero-order valence-corrected chi connectivity index (χ0v) is 12.4. The second-order valence-electron chi connectivity index (χ2n) is 4.88. The number of aliphatic carboxylic acids is 1. The predicted molar refractivity (Wildman–Crippen MR) is 73.7 cm³/mol. The molecule has 3 N–H and O–H groups in total. The lowest BCUT2D eigenvalue weighted by Crippen LogP contribution is -2.46. The molecule has 0 radical (unpaired) electrons. The first-order valence-electron chi connectivity index (χ1n) is 6.26. The van der Waals surface area contributed by atoms with Crippen molar-refractivity contribution in [1.29, 1.82) is 0 Å². The Hall–Kier alpha value is -1.15. The van der Waals surface area contributed by atoms with Gasteiger partial charge in [-0.1, -0.05) is 13.3 Å². The van der Waals surface area contributed by atoms with Crippen LogP contribution in [0.25, 0.3) is 0 Å². The van der Waals surface area contributed by atoms with Crippen LogP contribution in [0.4, 0.5) is 0 Å². The number of carboxylic acid groups (broad SMARTS) is 1. The highest BCUT2D eigenvalue weighted by Crippen LogP contribution is 2.30. The van der Waals surface area contributed by atoms with E-state index in [-0.39, 0.29) is 0 Å². The third-order valence-electron chi connectivity index (χ3n) is 2.92. The molecular formula is C11H21N5O2S. The Morgan fingerprint density at radius 3 is 2.84 bits per heavy atom. The van der Waals surface area contributed by atoms with Gasteiger partial charge in [-0.05, 0) is 30.7 Å². The van der Waals surface area contributed by atoms with Crippen LogP contribution in [-0.2, 0) is 17.1 Å². The summed E-state index contributed by atoms with van der Waals surface area (Å²) in [7, 11) is 0. The van der Waals surface area contributed by atoms with Gasteiger partial charge in [-0.3, -0.25) is 4.79 Å². The van der Waals surface area contributed by atoms with Crippen LogP contribution in [0.15, 0.2) is 0 Å². The van der Waals surface area contributed by atoms with Crippen molar-refractivity contribution in [3.8, 4) is 0 Å². The molecule has 0 spiro atoms. The fourth-order valence-electron chi connectivity index (χ4n) is 1.45. The summed E-state index contributed by atoms with van der Waals surface area (Å²) in [5.74, 6) is 0.303. The highest BCUT2D eigenvalue weighted by Gasteiger charge is 2.33. The standard InChI is InChI=1S/C11H21N5O2S/c1-4-5-6-16-8(13-14-15-16)7-19-11(2,3)9(12)10(17)18/h9H,4-7,12H2,1-3H3,(H,17,18)/t9-/m1/s1. The van der Waals surface area contributed by atoms with E-state index in [0.717, 1.165) is 25.2 Å². The molecule has 0 aromatic carbocycles. The van der Waals surface area contributed by atoms with E-state index >= 15 is 0 Å². The van der Waals surface area contributed by atoms with Crippen molar-refractivity contribution in [1.82, 2.24) is 20.2 Å². The number of thioether (sulfide) groups is 1. The lowest BCUT2D eigenvalue weighted by Gasteiger charge is -2.27. The van der Waals surface area contributed by atoms with Gasteiger partial charge >= 0.3 is 5.97 Å². The third-order valence-corrected chi connectivity index (χ3v) is 4.32. The topological polar surface area (TPSA) is 107 Å². The van der Waals surface area contributed by atoms with E-state index in [1.807, 2.05) is 13.8 Å². The monoisotopic (exact) mass is 287 g/mol. The Balaban J connectivity index is 2.61. The summed E-state index contributed by atoms with van der Waals surface area (Å²) in [5.41, 5.74) is 5.67. The van der Waals surface area contributed by atoms with E-state index in [2.05, 4.69) is 22.4 Å². The van der Waals surface area contributed by atoms with E-state index < -0.39 is 16.8 Å². The first-order chi connectivity index (χ1) is 8.88. The fourth-order valence-corrected chi connectivity index (χ4v) is 2.43. The fraction of sp³-hybridized carbons (Fsp3) is 0.818. The van der Waals surface area contributed by atoms with E-state index in [1.54, 1.807) is 4.68 Å². The van der Waals surface area contributed by atoms with Gasteiger partial charge in [0.05, 0.1) is 5.75 Å². The van der Waals surface area contributed by atoms with Crippen LogP contribution in [0.5, 0.6) is 0 Å². The molecule has 0 saturated carbocycles. The largest absolute Gasteiger partial charge is 0.480 e. The van der Waals surface area contributed by atoms with Crippen LogP contribution < -0.4 is 5.73 Å². The molecule has 1 heterocycles. The minimum Gasteiger partial charge on any atom is -0.480 e. The summed E-state index contributed by atoms with van der Waals surface area (Å²) in [6.45, 7) is 6.52. The smallest absolute Gasteiger partial charge is 0.321 e. The second kappa shape index (κ2) is 6.85. The van der Waals surface area contributed by atoms with Crippen LogP contribution in [0, 0.1) is 0 Å². The van der Waals surface area contributed by atoms with E-state index in [9.17, 15) is 4.79 Å². The van der Waals surface area contributed by atoms with Gasteiger partial charge in [0.2, 0.25) is 0 Å². The maximum Gasteiger partial charge on any atom is 0.321 e. The van der Waals surface area contributed by atoms with Crippen molar-refractivity contribution >= 4 is 17.7 Å². The summed E-state index contributed by atoms with van der Waals surface area (Å²) in [4.78, 5) is 10.9. The summed E-state index contributed by atoms with van der Waals surface area (Å²) in [6, 6.07) is -0.919. The Morgan fingerprint density at radius 2 is 2.26 bits per heavy atom. The Labute approximate surface area is 116 Å². The number of carboxylic acids is 1. The Kier molecular flexibility index (Phi) is 5.74. The maximum atomic E-state index is 10.9. The lowest BCUT2D eigenvalue weighted by atomic mass is 10.1. The molecule has 1 rings (SSSR count). The van der Waals surface area contributed by atoms with Crippen LogP contribution in [0.3, 0.4) is 0 Å². The molecule has 0 fully saturated rings. The van der Waals surface area contributed by atoms with Crippen LogP contribution in [0.1, 0.15) is 39.4 Å². The Bertz CT molecular complexity index is 421. The summed E-state index contributed by atoms with van der Waals surface area (Å²) < 4.78 is 1.19. The first-order valence-corrected chi connectivity index (χ1v) is 7.24. The van der Waals surface area contributed by atoms with Crippen LogP contribution in [0.2, 0.25) is 0 Å². The van der Waals surface area contributed by atoms with Gasteiger partial charge in [0.15, 0.2) is 5.82 Å². The number of tetrazole rings is 1. The van der Waals surface area contributed by atoms with Gasteiger partial charge in [-0.15, -0.1) is 16.9 Å². The van der Waals surface area contributed by atoms with Crippen molar-refractivity contribution in [2.24, 2.45) is 5.73 Å². The van der Waals surface area contributed by atoms with Crippen molar-refractivity contribution in [2.75, 3.05) is 0 Å². The number of nitrogens with zero attached hydrogens (tertiary/aromatic N) is 4. The van der Waals surface area contributed by atoms with Crippen molar-refractivity contribution in [3.63, 3.8) is 0 Å². The molecule has 19 heavy (non-hydrogen) atoms. The van der Waals surface area contributed by atoms with Gasteiger partial charge in [0.25, 0.3) is 0 Å².